The molecule has 4 rings (SSSR count). The lowest BCUT2D eigenvalue weighted by Crippen LogP contribution is -2.70. The van der Waals surface area contributed by atoms with Crippen LogP contribution in [0.4, 0.5) is 0 Å². The van der Waals surface area contributed by atoms with Gasteiger partial charge in [-0.2, -0.15) is 0 Å². The van der Waals surface area contributed by atoms with Gasteiger partial charge in [-0.05, 0) is 51.4 Å². The van der Waals surface area contributed by atoms with Gasteiger partial charge in [-0.15, -0.1) is 0 Å². The lowest BCUT2D eigenvalue weighted by molar-refractivity contribution is -0.0314. The first-order valence-corrected chi connectivity index (χ1v) is 8.82. The lowest BCUT2D eigenvalue weighted by Gasteiger charge is -2.53. The minimum Gasteiger partial charge on any atom is -0.377 e. The Labute approximate surface area is 123 Å². The average molecular weight is 278 g/mol. The van der Waals surface area contributed by atoms with Gasteiger partial charge in [0.1, 0.15) is 0 Å². The van der Waals surface area contributed by atoms with Crippen molar-refractivity contribution in [3.8, 4) is 0 Å². The molecule has 0 bridgehead atoms. The third-order valence-corrected chi connectivity index (χ3v) is 6.50. The fourth-order valence-electron chi connectivity index (χ4n) is 4.88. The van der Waals surface area contributed by atoms with E-state index in [1.54, 1.807) is 0 Å². The van der Waals surface area contributed by atoms with Gasteiger partial charge < -0.3 is 10.1 Å². The summed E-state index contributed by atoms with van der Waals surface area (Å²) < 4.78 is 5.94. The van der Waals surface area contributed by atoms with Crippen molar-refractivity contribution in [1.82, 2.24) is 10.2 Å². The molecule has 0 aromatic rings. The number of hydrogen-bond donors (Lipinski definition) is 1. The number of ether oxygens (including phenoxy) is 1. The standard InChI is InChI=1S/C17H30N2O/c1-16(14-6-7-14)12-18-17(8-2-3-9-17)13-19(16)11-15-5-4-10-20-15/h14-15,18H,2-13H2,1H3. The summed E-state index contributed by atoms with van der Waals surface area (Å²) in [5.74, 6) is 0.926. The van der Waals surface area contributed by atoms with Gasteiger partial charge in [0.2, 0.25) is 0 Å². The second-order valence-electron chi connectivity index (χ2n) is 7.99. The number of nitrogens with zero attached hydrogens (tertiary/aromatic N) is 1. The van der Waals surface area contributed by atoms with Crippen LogP contribution in [0.5, 0.6) is 0 Å². The van der Waals surface area contributed by atoms with Crippen LogP contribution in [0.1, 0.15) is 58.3 Å². The molecule has 3 nitrogen and oxygen atoms in total. The molecule has 1 N–H and O–H groups in total. The highest BCUT2D eigenvalue weighted by molar-refractivity contribution is 5.10. The van der Waals surface area contributed by atoms with E-state index < -0.39 is 0 Å². The minimum atomic E-state index is 0.389. The molecule has 4 fully saturated rings. The maximum Gasteiger partial charge on any atom is 0.0703 e. The van der Waals surface area contributed by atoms with Crippen LogP contribution in [0, 0.1) is 5.92 Å². The van der Waals surface area contributed by atoms with Crippen LogP contribution in [-0.4, -0.2) is 48.3 Å². The molecular formula is C17H30N2O. The summed E-state index contributed by atoms with van der Waals surface area (Å²) in [4.78, 5) is 2.84. The molecule has 2 heterocycles. The van der Waals surface area contributed by atoms with E-state index >= 15 is 0 Å². The van der Waals surface area contributed by atoms with Crippen molar-refractivity contribution in [3.05, 3.63) is 0 Å². The molecule has 4 aliphatic rings. The summed E-state index contributed by atoms with van der Waals surface area (Å²) in [6.45, 7) is 7.14. The van der Waals surface area contributed by atoms with Gasteiger partial charge in [0.15, 0.2) is 0 Å². The zero-order valence-corrected chi connectivity index (χ0v) is 13.0. The van der Waals surface area contributed by atoms with Crippen molar-refractivity contribution in [2.75, 3.05) is 26.2 Å². The molecule has 2 unspecified atom stereocenters. The Balaban J connectivity index is 1.51. The summed E-state index contributed by atoms with van der Waals surface area (Å²) >= 11 is 0. The normalized spacial score (nSPS) is 41.5. The van der Waals surface area contributed by atoms with Crippen LogP contribution in [0.2, 0.25) is 0 Å². The van der Waals surface area contributed by atoms with Gasteiger partial charge in [-0.25, -0.2) is 0 Å². The first-order chi connectivity index (χ1) is 9.70. The maximum atomic E-state index is 5.94. The zero-order valence-electron chi connectivity index (χ0n) is 13.0. The van der Waals surface area contributed by atoms with E-state index in [4.69, 9.17) is 4.74 Å². The molecule has 0 amide bonds. The van der Waals surface area contributed by atoms with Gasteiger partial charge in [0.05, 0.1) is 6.10 Å². The quantitative estimate of drug-likeness (QED) is 0.858. The van der Waals surface area contributed by atoms with Crippen molar-refractivity contribution in [1.29, 1.82) is 0 Å². The molecule has 114 valence electrons. The Hall–Kier alpha value is -0.120. The first kappa shape index (κ1) is 13.5. The molecule has 0 radical (unpaired) electrons. The highest BCUT2D eigenvalue weighted by Gasteiger charge is 2.52. The third kappa shape index (κ3) is 2.32. The molecule has 2 saturated carbocycles. The Bertz CT molecular complexity index is 356. The van der Waals surface area contributed by atoms with Gasteiger partial charge in [-0.3, -0.25) is 4.90 Å². The van der Waals surface area contributed by atoms with Crippen molar-refractivity contribution in [3.63, 3.8) is 0 Å². The van der Waals surface area contributed by atoms with Gasteiger partial charge in [0, 0.05) is 37.3 Å². The molecule has 2 aliphatic heterocycles. The first-order valence-electron chi connectivity index (χ1n) is 8.82. The maximum absolute atomic E-state index is 5.94. The Kier molecular flexibility index (Phi) is 3.36. The fourth-order valence-corrected chi connectivity index (χ4v) is 4.88. The predicted octanol–water partition coefficient (Wildman–Crippen LogP) is 2.55. The smallest absolute Gasteiger partial charge is 0.0703 e. The fraction of sp³-hybridized carbons (Fsp3) is 1.00. The van der Waals surface area contributed by atoms with E-state index in [2.05, 4.69) is 17.1 Å². The van der Waals surface area contributed by atoms with Gasteiger partial charge >= 0.3 is 0 Å². The van der Waals surface area contributed by atoms with Crippen molar-refractivity contribution < 1.29 is 4.74 Å². The van der Waals surface area contributed by atoms with Gasteiger partial charge in [0.25, 0.3) is 0 Å². The highest BCUT2D eigenvalue weighted by Crippen LogP contribution is 2.47. The highest BCUT2D eigenvalue weighted by atomic mass is 16.5. The molecule has 2 saturated heterocycles. The molecule has 1 spiro atoms. The van der Waals surface area contributed by atoms with Crippen LogP contribution in [0.3, 0.4) is 0 Å². The summed E-state index contributed by atoms with van der Waals surface area (Å²) in [5.41, 5.74) is 0.826. The molecule has 20 heavy (non-hydrogen) atoms. The van der Waals surface area contributed by atoms with E-state index in [1.807, 2.05) is 0 Å². The number of hydrogen-bond acceptors (Lipinski definition) is 3. The summed E-state index contributed by atoms with van der Waals surface area (Å²) in [6, 6.07) is 0. The lowest BCUT2D eigenvalue weighted by atomic mass is 9.83. The molecule has 2 aliphatic carbocycles. The Morgan fingerprint density at radius 2 is 1.95 bits per heavy atom. The number of rotatable bonds is 3. The SMILES string of the molecule is CC1(C2CC2)CNC2(CCCC2)CN1CC1CCCO1. The van der Waals surface area contributed by atoms with E-state index in [9.17, 15) is 0 Å². The topological polar surface area (TPSA) is 24.5 Å². The second-order valence-corrected chi connectivity index (χ2v) is 7.99. The Morgan fingerprint density at radius 1 is 1.15 bits per heavy atom. The minimum absolute atomic E-state index is 0.389. The third-order valence-electron chi connectivity index (χ3n) is 6.50. The van der Waals surface area contributed by atoms with Crippen LogP contribution >= 0.6 is 0 Å². The van der Waals surface area contributed by atoms with E-state index in [1.165, 1.54) is 71.0 Å². The summed E-state index contributed by atoms with van der Waals surface area (Å²) in [7, 11) is 0. The summed E-state index contributed by atoms with van der Waals surface area (Å²) in [5, 5.41) is 3.98. The number of piperazine rings is 1. The monoisotopic (exact) mass is 278 g/mol. The molecule has 2 atom stereocenters. The van der Waals surface area contributed by atoms with E-state index in [-0.39, 0.29) is 0 Å². The van der Waals surface area contributed by atoms with Crippen LogP contribution < -0.4 is 5.32 Å². The van der Waals surface area contributed by atoms with Crippen LogP contribution in [0.25, 0.3) is 0 Å². The van der Waals surface area contributed by atoms with Crippen molar-refractivity contribution in [2.45, 2.75) is 75.5 Å². The van der Waals surface area contributed by atoms with Crippen molar-refractivity contribution in [2.24, 2.45) is 5.92 Å². The Morgan fingerprint density at radius 3 is 2.60 bits per heavy atom. The zero-order chi connectivity index (χ0) is 13.6. The number of nitrogens with one attached hydrogen (secondary N) is 1. The van der Waals surface area contributed by atoms with Gasteiger partial charge in [-0.1, -0.05) is 12.8 Å². The van der Waals surface area contributed by atoms with Crippen molar-refractivity contribution >= 4 is 0 Å². The summed E-state index contributed by atoms with van der Waals surface area (Å²) in [6.07, 6.45) is 11.5. The average Bonchev–Trinajstić information content (AvgIpc) is 3.01. The largest absolute Gasteiger partial charge is 0.377 e. The van der Waals surface area contributed by atoms with Crippen LogP contribution in [-0.2, 0) is 4.74 Å². The van der Waals surface area contributed by atoms with Crippen LogP contribution in [0.15, 0.2) is 0 Å². The predicted molar refractivity (Wildman–Crippen MR) is 80.9 cm³/mol. The molecule has 0 aromatic heterocycles. The molecular weight excluding hydrogens is 248 g/mol. The molecule has 3 heteroatoms. The van der Waals surface area contributed by atoms with E-state index in [0.29, 0.717) is 17.2 Å². The molecule has 0 aromatic carbocycles. The second kappa shape index (κ2) is 4.96. The van der Waals surface area contributed by atoms with E-state index in [0.717, 1.165) is 12.5 Å².